The van der Waals surface area contributed by atoms with E-state index < -0.39 is 51.1 Å². The molecule has 6 rings (SSSR count). The molecular formula is C27H24BrF5N2O2. The first kappa shape index (κ1) is 26.1. The Kier molecular flexibility index (Phi) is 6.57. The van der Waals surface area contributed by atoms with Gasteiger partial charge < -0.3 is 9.84 Å². The molecule has 3 aromatic rings. The zero-order valence-electron chi connectivity index (χ0n) is 19.9. The molecule has 2 unspecified atom stereocenters. The largest absolute Gasteiger partial charge is 0.497 e. The van der Waals surface area contributed by atoms with Gasteiger partial charge in [-0.25, -0.2) is 22.0 Å². The maximum absolute atomic E-state index is 15.0. The second-order valence-corrected chi connectivity index (χ2v) is 10.9. The van der Waals surface area contributed by atoms with Crippen LogP contribution in [0.25, 0.3) is 10.9 Å². The van der Waals surface area contributed by atoms with Gasteiger partial charge in [0, 0.05) is 35.7 Å². The Balaban J connectivity index is 1.74. The van der Waals surface area contributed by atoms with Gasteiger partial charge in [0.25, 0.3) is 0 Å². The van der Waals surface area contributed by atoms with Crippen molar-refractivity contribution in [2.24, 2.45) is 11.8 Å². The summed E-state index contributed by atoms with van der Waals surface area (Å²) in [5.41, 5.74) is -1.57. The highest BCUT2D eigenvalue weighted by Gasteiger charge is 2.60. The lowest BCUT2D eigenvalue weighted by molar-refractivity contribution is -0.131. The van der Waals surface area contributed by atoms with Gasteiger partial charge >= 0.3 is 0 Å². The fraction of sp³-hybridized carbons (Fsp3) is 0.370. The fourth-order valence-electron chi connectivity index (χ4n) is 6.04. The first-order valence-electron chi connectivity index (χ1n) is 11.8. The first-order chi connectivity index (χ1) is 17.6. The predicted octanol–water partition coefficient (Wildman–Crippen LogP) is 5.99. The summed E-state index contributed by atoms with van der Waals surface area (Å²) in [7, 11) is 1.49. The molecule has 4 heterocycles. The molecule has 0 saturated carbocycles. The number of rotatable bonds is 6. The lowest BCUT2D eigenvalue weighted by atomic mass is 9.64. The molecule has 3 aliphatic rings. The van der Waals surface area contributed by atoms with Crippen LogP contribution in [0.4, 0.5) is 22.0 Å². The van der Waals surface area contributed by atoms with E-state index in [9.17, 15) is 27.1 Å². The normalized spacial score (nSPS) is 26.8. The quantitative estimate of drug-likeness (QED) is 0.127. The number of hydrogen-bond donors (Lipinski definition) is 1. The van der Waals surface area contributed by atoms with Crippen molar-refractivity contribution in [3.05, 3.63) is 83.3 Å². The van der Waals surface area contributed by atoms with Gasteiger partial charge in [-0.05, 0) is 71.4 Å². The van der Waals surface area contributed by atoms with E-state index in [1.807, 2.05) is 4.90 Å². The van der Waals surface area contributed by atoms with E-state index in [4.69, 9.17) is 4.74 Å². The van der Waals surface area contributed by atoms with Crippen LogP contribution in [0.1, 0.15) is 24.0 Å². The van der Waals surface area contributed by atoms with Gasteiger partial charge in [0.1, 0.15) is 5.75 Å². The third kappa shape index (κ3) is 3.87. The molecule has 3 fully saturated rings. The highest BCUT2D eigenvalue weighted by molar-refractivity contribution is 9.09. The number of ether oxygens (including phenoxy) is 1. The summed E-state index contributed by atoms with van der Waals surface area (Å²) in [6.45, 7) is 4.76. The highest BCUT2D eigenvalue weighted by atomic mass is 79.9. The molecule has 0 amide bonds. The van der Waals surface area contributed by atoms with Crippen LogP contribution >= 0.6 is 15.9 Å². The van der Waals surface area contributed by atoms with E-state index in [0.29, 0.717) is 35.3 Å². The smallest absolute Gasteiger partial charge is 0.200 e. The zero-order chi connectivity index (χ0) is 26.7. The van der Waals surface area contributed by atoms with Gasteiger partial charge in [-0.15, -0.1) is 6.58 Å². The van der Waals surface area contributed by atoms with Gasteiger partial charge in [-0.3, -0.25) is 9.88 Å². The summed E-state index contributed by atoms with van der Waals surface area (Å²) in [4.78, 5) is 6.22. The van der Waals surface area contributed by atoms with Crippen molar-refractivity contribution in [2.45, 2.75) is 29.3 Å². The molecule has 4 nitrogen and oxygen atoms in total. The minimum Gasteiger partial charge on any atom is -0.497 e. The first-order valence-corrected chi connectivity index (χ1v) is 12.6. The molecule has 5 atom stereocenters. The van der Waals surface area contributed by atoms with Crippen molar-refractivity contribution in [2.75, 3.05) is 20.2 Å². The van der Waals surface area contributed by atoms with Crippen molar-refractivity contribution in [3.8, 4) is 5.75 Å². The van der Waals surface area contributed by atoms with Crippen LogP contribution in [-0.4, -0.2) is 40.7 Å². The van der Waals surface area contributed by atoms with Crippen LogP contribution in [0.2, 0.25) is 0 Å². The Hall–Kier alpha value is -2.56. The maximum Gasteiger partial charge on any atom is 0.200 e. The van der Waals surface area contributed by atoms with E-state index >= 15 is 0 Å². The number of aromatic nitrogens is 1. The van der Waals surface area contributed by atoms with Crippen LogP contribution < -0.4 is 4.74 Å². The van der Waals surface area contributed by atoms with Gasteiger partial charge in [-0.1, -0.05) is 6.08 Å². The lowest BCUT2D eigenvalue weighted by Crippen LogP contribution is -2.69. The summed E-state index contributed by atoms with van der Waals surface area (Å²) in [6, 6.07) is 6.67. The van der Waals surface area contributed by atoms with E-state index in [1.54, 1.807) is 30.3 Å². The van der Waals surface area contributed by atoms with Crippen molar-refractivity contribution in [1.82, 2.24) is 9.88 Å². The zero-order valence-corrected chi connectivity index (χ0v) is 21.5. The Labute approximate surface area is 218 Å². The number of methoxy groups -OCH3 is 1. The summed E-state index contributed by atoms with van der Waals surface area (Å²) in [5, 5.41) is 12.8. The molecule has 1 aromatic heterocycles. The van der Waals surface area contributed by atoms with Crippen molar-refractivity contribution in [3.63, 3.8) is 0 Å². The molecule has 37 heavy (non-hydrogen) atoms. The average molecular weight is 583 g/mol. The van der Waals surface area contributed by atoms with Crippen molar-refractivity contribution < 1.29 is 31.8 Å². The number of fused-ring (bicyclic) bond motifs is 4. The number of pyridine rings is 1. The molecule has 196 valence electrons. The molecule has 0 aliphatic carbocycles. The van der Waals surface area contributed by atoms with Crippen LogP contribution in [-0.2, 0) is 10.9 Å². The molecular weight excluding hydrogens is 559 g/mol. The van der Waals surface area contributed by atoms with Gasteiger partial charge in [0.15, 0.2) is 27.8 Å². The third-order valence-electron chi connectivity index (χ3n) is 8.01. The number of alkyl halides is 1. The van der Waals surface area contributed by atoms with E-state index in [-0.39, 0.29) is 18.3 Å². The van der Waals surface area contributed by atoms with Gasteiger partial charge in [-0.2, -0.15) is 0 Å². The molecule has 3 aliphatic heterocycles. The van der Waals surface area contributed by atoms with Crippen molar-refractivity contribution in [1.29, 1.82) is 0 Å². The number of aliphatic hydroxyl groups is 1. The number of benzene rings is 2. The third-order valence-corrected chi connectivity index (χ3v) is 9.17. The van der Waals surface area contributed by atoms with E-state index in [0.717, 1.165) is 6.42 Å². The molecule has 10 heteroatoms. The van der Waals surface area contributed by atoms with E-state index in [2.05, 4.69) is 27.5 Å². The standard InChI is InChI=1S/C27H24BrF5N2O2/c1-3-14-13-35-9-7-15(14)11-26(35,12-18-21(29)23(31)25(33)24(32)22(18)30)27(28,36)19-6-8-34-20-5-4-16(37-2)10-17(19)20/h3-6,8,10,14-15,36H,1,7,9,11-13H2,2H3/t14-,15-,26-,27?/m0/s1. The maximum atomic E-state index is 15.0. The van der Waals surface area contributed by atoms with Crippen LogP contribution in [0, 0.1) is 40.9 Å². The molecule has 0 radical (unpaired) electrons. The fourth-order valence-corrected chi connectivity index (χ4v) is 6.94. The number of hydrogen-bond acceptors (Lipinski definition) is 4. The minimum absolute atomic E-state index is 0.0181. The summed E-state index contributed by atoms with van der Waals surface area (Å²) < 4.78 is 75.6. The van der Waals surface area contributed by atoms with Crippen LogP contribution in [0.3, 0.4) is 0 Å². The van der Waals surface area contributed by atoms with Gasteiger partial charge in [0.05, 0.1) is 18.2 Å². The monoisotopic (exact) mass is 582 g/mol. The summed E-state index contributed by atoms with van der Waals surface area (Å²) in [6.07, 6.45) is 3.63. The SMILES string of the molecule is C=C[C@H]1CN2CC[C@H]1C[C@]2(Cc1c(F)c(F)c(F)c(F)c1F)C(O)(Br)c1ccnc2ccc(OC)cc12. The molecule has 0 spiro atoms. The summed E-state index contributed by atoms with van der Waals surface area (Å²) in [5.74, 6) is -9.51. The Bertz CT molecular complexity index is 1370. The molecule has 1 N–H and O–H groups in total. The number of halogens is 6. The lowest BCUT2D eigenvalue weighted by Gasteiger charge is -2.61. The van der Waals surface area contributed by atoms with E-state index in [1.165, 1.54) is 13.3 Å². The Morgan fingerprint density at radius 3 is 2.43 bits per heavy atom. The molecule has 2 aromatic carbocycles. The summed E-state index contributed by atoms with van der Waals surface area (Å²) >= 11 is 3.49. The number of piperidine rings is 3. The van der Waals surface area contributed by atoms with Crippen LogP contribution in [0.5, 0.6) is 5.75 Å². The van der Waals surface area contributed by atoms with Crippen LogP contribution in [0.15, 0.2) is 43.1 Å². The molecule has 2 bridgehead atoms. The topological polar surface area (TPSA) is 45.6 Å². The second-order valence-electron chi connectivity index (χ2n) is 9.72. The van der Waals surface area contributed by atoms with Crippen molar-refractivity contribution >= 4 is 26.8 Å². The Morgan fingerprint density at radius 1 is 1.16 bits per heavy atom. The highest BCUT2D eigenvalue weighted by Crippen LogP contribution is 2.56. The minimum atomic E-state index is -2.22. The Morgan fingerprint density at radius 2 is 1.84 bits per heavy atom. The second kappa shape index (κ2) is 9.32. The van der Waals surface area contributed by atoms with Gasteiger partial charge in [0.2, 0.25) is 5.82 Å². The molecule has 3 saturated heterocycles. The average Bonchev–Trinajstić information content (AvgIpc) is 2.92. The predicted molar refractivity (Wildman–Crippen MR) is 132 cm³/mol. The number of nitrogens with zero attached hydrogens (tertiary/aromatic N) is 2.